The van der Waals surface area contributed by atoms with Gasteiger partial charge in [-0.25, -0.2) is 12.7 Å². The summed E-state index contributed by atoms with van der Waals surface area (Å²) < 4.78 is 26.3. The first-order valence-electron chi connectivity index (χ1n) is 6.88. The summed E-state index contributed by atoms with van der Waals surface area (Å²) in [7, 11) is -1.21. The van der Waals surface area contributed by atoms with Gasteiger partial charge in [0.2, 0.25) is 10.0 Å². The lowest BCUT2D eigenvalue weighted by atomic mass is 9.90. The maximum Gasteiger partial charge on any atom is 0.211 e. The molecule has 0 bridgehead atoms. The van der Waals surface area contributed by atoms with Crippen LogP contribution in [0.25, 0.3) is 0 Å². The van der Waals surface area contributed by atoms with Gasteiger partial charge in [-0.3, -0.25) is 0 Å². The zero-order chi connectivity index (χ0) is 15.6. The van der Waals surface area contributed by atoms with Crippen molar-refractivity contribution in [3.8, 4) is 0 Å². The lowest BCUT2D eigenvalue weighted by Crippen LogP contribution is -2.40. The van der Waals surface area contributed by atoms with Gasteiger partial charge in [0.25, 0.3) is 0 Å². The second kappa shape index (κ2) is 7.15. The van der Waals surface area contributed by atoms with Gasteiger partial charge in [0.1, 0.15) is 0 Å². The van der Waals surface area contributed by atoms with Gasteiger partial charge >= 0.3 is 0 Å². The number of hydrogen-bond donors (Lipinski definition) is 1. The molecule has 1 aromatic rings. The number of nitrogens with zero attached hydrogens (tertiary/aromatic N) is 1. The molecule has 2 heterocycles. The Morgan fingerprint density at radius 3 is 2.76 bits per heavy atom. The molecule has 21 heavy (non-hydrogen) atoms. The van der Waals surface area contributed by atoms with Crippen molar-refractivity contribution in [2.45, 2.75) is 25.3 Å². The number of nitrogens with one attached hydrogen (secondary N) is 1. The molecule has 4 nitrogen and oxygen atoms in total. The molecular formula is C13H20Cl2N2O2S2. The highest BCUT2D eigenvalue weighted by molar-refractivity contribution is 7.88. The third-order valence-electron chi connectivity index (χ3n) is 3.93. The molecule has 1 aliphatic rings. The van der Waals surface area contributed by atoms with E-state index in [0.717, 1.165) is 24.8 Å². The van der Waals surface area contributed by atoms with Crippen molar-refractivity contribution in [1.29, 1.82) is 0 Å². The summed E-state index contributed by atoms with van der Waals surface area (Å²) in [5.41, 5.74) is 1.01. The van der Waals surface area contributed by atoms with E-state index in [1.165, 1.54) is 17.6 Å². The Balaban J connectivity index is 2.07. The van der Waals surface area contributed by atoms with Crippen molar-refractivity contribution < 1.29 is 8.42 Å². The normalized spacial score (nSPS) is 22.4. The number of thiophene rings is 1. The Hall–Kier alpha value is 0.150. The Morgan fingerprint density at radius 2 is 2.24 bits per heavy atom. The van der Waals surface area contributed by atoms with Crippen molar-refractivity contribution in [2.24, 2.45) is 5.92 Å². The molecule has 8 heteroatoms. The molecule has 1 saturated heterocycles. The van der Waals surface area contributed by atoms with Crippen LogP contribution >= 0.6 is 34.5 Å². The van der Waals surface area contributed by atoms with Crippen molar-refractivity contribution >= 4 is 44.6 Å². The van der Waals surface area contributed by atoms with Gasteiger partial charge in [-0.1, -0.05) is 23.2 Å². The summed E-state index contributed by atoms with van der Waals surface area (Å²) in [6.07, 6.45) is 4.09. The first kappa shape index (κ1) is 17.5. The highest BCUT2D eigenvalue weighted by Gasteiger charge is 2.28. The van der Waals surface area contributed by atoms with Crippen LogP contribution in [0, 0.1) is 5.92 Å². The Kier molecular flexibility index (Phi) is 5.96. The summed E-state index contributed by atoms with van der Waals surface area (Å²) in [5, 5.41) is 3.27. The molecule has 2 atom stereocenters. The van der Waals surface area contributed by atoms with Crippen LogP contribution in [-0.4, -0.2) is 39.1 Å². The van der Waals surface area contributed by atoms with E-state index in [1.54, 1.807) is 4.31 Å². The van der Waals surface area contributed by atoms with Gasteiger partial charge in [-0.05, 0) is 38.3 Å². The van der Waals surface area contributed by atoms with Crippen molar-refractivity contribution in [3.63, 3.8) is 0 Å². The number of piperidine rings is 1. The van der Waals surface area contributed by atoms with E-state index in [4.69, 9.17) is 23.2 Å². The van der Waals surface area contributed by atoms with Crippen LogP contribution in [0.3, 0.4) is 0 Å². The minimum Gasteiger partial charge on any atom is -0.313 e. The second-order valence-corrected chi connectivity index (χ2v) is 9.75. The molecule has 0 aromatic carbocycles. The average molecular weight is 371 g/mol. The molecule has 0 saturated carbocycles. The van der Waals surface area contributed by atoms with E-state index in [2.05, 4.69) is 5.32 Å². The van der Waals surface area contributed by atoms with Crippen LogP contribution in [0.2, 0.25) is 8.67 Å². The van der Waals surface area contributed by atoms with Crippen LogP contribution in [0.4, 0.5) is 0 Å². The molecule has 0 radical (unpaired) electrons. The van der Waals surface area contributed by atoms with Gasteiger partial charge in [0.15, 0.2) is 0 Å². The molecule has 1 aromatic heterocycles. The number of rotatable bonds is 5. The third kappa shape index (κ3) is 4.56. The molecule has 0 amide bonds. The third-order valence-corrected chi connectivity index (χ3v) is 6.71. The Labute approximate surface area is 140 Å². The van der Waals surface area contributed by atoms with Gasteiger partial charge in [0.05, 0.1) is 14.9 Å². The van der Waals surface area contributed by atoms with Gasteiger partial charge in [-0.15, -0.1) is 11.3 Å². The monoisotopic (exact) mass is 370 g/mol. The average Bonchev–Trinajstić information content (AvgIpc) is 2.74. The summed E-state index contributed by atoms with van der Waals surface area (Å²) >= 11 is 13.6. The molecule has 2 unspecified atom stereocenters. The maximum atomic E-state index is 11.7. The summed E-state index contributed by atoms with van der Waals surface area (Å²) in [4.78, 5) is 0. The van der Waals surface area contributed by atoms with E-state index >= 15 is 0 Å². The van der Waals surface area contributed by atoms with Crippen LogP contribution in [-0.2, 0) is 10.0 Å². The number of hydrogen-bond acceptors (Lipinski definition) is 4. The Bertz CT molecular complexity index is 589. The predicted octanol–water partition coefficient (Wildman–Crippen LogP) is 3.38. The Morgan fingerprint density at radius 1 is 1.52 bits per heavy atom. The van der Waals surface area contributed by atoms with Crippen LogP contribution in [0.15, 0.2) is 6.07 Å². The van der Waals surface area contributed by atoms with Crippen molar-refractivity contribution in [1.82, 2.24) is 9.62 Å². The van der Waals surface area contributed by atoms with Crippen molar-refractivity contribution in [3.05, 3.63) is 20.3 Å². The first-order chi connectivity index (χ1) is 9.81. The molecule has 1 N–H and O–H groups in total. The molecule has 120 valence electrons. The smallest absolute Gasteiger partial charge is 0.211 e. The molecule has 0 spiro atoms. The zero-order valence-electron chi connectivity index (χ0n) is 12.1. The molecule has 0 aliphatic carbocycles. The first-order valence-corrected chi connectivity index (χ1v) is 10.3. The minimum atomic E-state index is -3.10. The van der Waals surface area contributed by atoms with E-state index in [1.807, 2.05) is 13.1 Å². The predicted molar refractivity (Wildman–Crippen MR) is 89.9 cm³/mol. The van der Waals surface area contributed by atoms with Crippen LogP contribution in [0.1, 0.15) is 30.9 Å². The highest BCUT2D eigenvalue weighted by Crippen LogP contribution is 2.38. The van der Waals surface area contributed by atoms with Gasteiger partial charge in [-0.2, -0.15) is 0 Å². The fraction of sp³-hybridized carbons (Fsp3) is 0.692. The lowest BCUT2D eigenvalue weighted by molar-refractivity contribution is 0.241. The van der Waals surface area contributed by atoms with Crippen molar-refractivity contribution in [2.75, 3.05) is 26.4 Å². The standard InChI is InChI=1S/C13H20Cl2N2O2S2/c1-16-11(10-7-12(14)20-13(10)15)6-9-4-3-5-17(8-9)21(2,18)19/h7,9,11,16H,3-6,8H2,1-2H3. The SMILES string of the molecule is CNC(CC1CCCN(S(C)(=O)=O)C1)c1cc(Cl)sc1Cl. The zero-order valence-corrected chi connectivity index (χ0v) is 15.2. The highest BCUT2D eigenvalue weighted by atomic mass is 35.5. The summed E-state index contributed by atoms with van der Waals surface area (Å²) in [5.74, 6) is 0.334. The van der Waals surface area contributed by atoms with Gasteiger partial charge < -0.3 is 5.32 Å². The van der Waals surface area contributed by atoms with E-state index in [0.29, 0.717) is 27.7 Å². The topological polar surface area (TPSA) is 49.4 Å². The van der Waals surface area contributed by atoms with E-state index in [-0.39, 0.29) is 6.04 Å². The summed E-state index contributed by atoms with van der Waals surface area (Å²) in [6.45, 7) is 1.22. The van der Waals surface area contributed by atoms with E-state index in [9.17, 15) is 8.42 Å². The fourth-order valence-electron chi connectivity index (χ4n) is 2.84. The summed E-state index contributed by atoms with van der Waals surface area (Å²) in [6, 6.07) is 2.00. The molecule has 1 fully saturated rings. The quantitative estimate of drug-likeness (QED) is 0.863. The number of sulfonamides is 1. The molecule has 2 rings (SSSR count). The largest absolute Gasteiger partial charge is 0.313 e. The number of halogens is 2. The van der Waals surface area contributed by atoms with Crippen LogP contribution < -0.4 is 5.32 Å². The maximum absolute atomic E-state index is 11.7. The minimum absolute atomic E-state index is 0.103. The van der Waals surface area contributed by atoms with E-state index < -0.39 is 10.0 Å². The van der Waals surface area contributed by atoms with Gasteiger partial charge in [0, 0.05) is 24.7 Å². The van der Waals surface area contributed by atoms with Crippen LogP contribution in [0.5, 0.6) is 0 Å². The second-order valence-electron chi connectivity index (χ2n) is 5.49. The molecular weight excluding hydrogens is 351 g/mol. The fourth-order valence-corrected chi connectivity index (χ4v) is 5.37. The lowest BCUT2D eigenvalue weighted by Gasteiger charge is -2.33. The molecule has 1 aliphatic heterocycles.